The van der Waals surface area contributed by atoms with Crippen LogP contribution in [0.25, 0.3) is 0 Å². The summed E-state index contributed by atoms with van der Waals surface area (Å²) in [5, 5.41) is 0. The Hall–Kier alpha value is -1.04. The predicted octanol–water partition coefficient (Wildman–Crippen LogP) is 5.24. The van der Waals surface area contributed by atoms with E-state index >= 15 is 0 Å². The van der Waals surface area contributed by atoms with E-state index in [1.807, 2.05) is 0 Å². The van der Waals surface area contributed by atoms with Gasteiger partial charge in [-0.3, -0.25) is 0 Å². The van der Waals surface area contributed by atoms with Gasteiger partial charge in [0.1, 0.15) is 0 Å². The van der Waals surface area contributed by atoms with E-state index in [0.29, 0.717) is 0 Å². The normalized spacial score (nSPS) is 20.1. The summed E-state index contributed by atoms with van der Waals surface area (Å²) in [5.41, 5.74) is 4.68. The standard InChI is InChI=1S/C17H24/c1-3-5-15-8-12-17(13-9-15)16-10-6-14(4-2)7-11-16/h6,8-9,12-13,16H,3-5,7,10-11H2,1-2H3. The van der Waals surface area contributed by atoms with Crippen molar-refractivity contribution in [1.29, 1.82) is 0 Å². The maximum Gasteiger partial charge on any atom is -0.0124 e. The molecule has 1 aliphatic rings. The van der Waals surface area contributed by atoms with Gasteiger partial charge in [0.15, 0.2) is 0 Å². The molecule has 0 radical (unpaired) electrons. The maximum absolute atomic E-state index is 2.47. The average molecular weight is 228 g/mol. The summed E-state index contributed by atoms with van der Waals surface area (Å²) < 4.78 is 0. The zero-order chi connectivity index (χ0) is 12.1. The summed E-state index contributed by atoms with van der Waals surface area (Å²) in [6.45, 7) is 4.51. The van der Waals surface area contributed by atoms with Crippen molar-refractivity contribution in [3.63, 3.8) is 0 Å². The van der Waals surface area contributed by atoms with Crippen LogP contribution in [-0.2, 0) is 6.42 Å². The second kappa shape index (κ2) is 6.05. The molecule has 0 nitrogen and oxygen atoms in total. The second-order valence-electron chi connectivity index (χ2n) is 5.18. The second-order valence-corrected chi connectivity index (χ2v) is 5.18. The Labute approximate surface area is 106 Å². The lowest BCUT2D eigenvalue weighted by atomic mass is 9.83. The van der Waals surface area contributed by atoms with Crippen LogP contribution in [0.5, 0.6) is 0 Å². The van der Waals surface area contributed by atoms with E-state index in [-0.39, 0.29) is 0 Å². The van der Waals surface area contributed by atoms with Gasteiger partial charge in [0.05, 0.1) is 0 Å². The third kappa shape index (κ3) is 3.21. The van der Waals surface area contributed by atoms with Gasteiger partial charge in [0.25, 0.3) is 0 Å². The van der Waals surface area contributed by atoms with Crippen LogP contribution < -0.4 is 0 Å². The van der Waals surface area contributed by atoms with Crippen molar-refractivity contribution >= 4 is 0 Å². The fourth-order valence-electron chi connectivity index (χ4n) is 2.76. The summed E-state index contributed by atoms with van der Waals surface area (Å²) in [6.07, 6.45) is 10.0. The van der Waals surface area contributed by atoms with Crippen LogP contribution in [0.4, 0.5) is 0 Å². The molecule has 1 aromatic carbocycles. The van der Waals surface area contributed by atoms with E-state index in [2.05, 4.69) is 44.2 Å². The largest absolute Gasteiger partial charge is 0.0847 e. The number of hydrogen-bond donors (Lipinski definition) is 0. The molecule has 0 bridgehead atoms. The molecule has 0 heterocycles. The fraction of sp³-hybridized carbons (Fsp3) is 0.529. The minimum absolute atomic E-state index is 0.765. The molecular formula is C17H24. The van der Waals surface area contributed by atoms with Gasteiger partial charge in [-0.25, -0.2) is 0 Å². The van der Waals surface area contributed by atoms with Gasteiger partial charge in [-0.1, -0.05) is 56.2 Å². The van der Waals surface area contributed by atoms with E-state index in [0.717, 1.165) is 5.92 Å². The van der Waals surface area contributed by atoms with Gasteiger partial charge in [0, 0.05) is 0 Å². The number of allylic oxidation sites excluding steroid dienone is 2. The Morgan fingerprint density at radius 1 is 1.12 bits per heavy atom. The molecule has 0 saturated heterocycles. The summed E-state index contributed by atoms with van der Waals surface area (Å²) in [6, 6.07) is 9.33. The predicted molar refractivity (Wildman–Crippen MR) is 75.4 cm³/mol. The topological polar surface area (TPSA) is 0 Å². The molecule has 1 atom stereocenters. The van der Waals surface area contributed by atoms with Gasteiger partial charge >= 0.3 is 0 Å². The van der Waals surface area contributed by atoms with Crippen molar-refractivity contribution in [2.24, 2.45) is 0 Å². The Bertz CT molecular complexity index is 370. The Morgan fingerprint density at radius 2 is 1.88 bits per heavy atom. The van der Waals surface area contributed by atoms with Gasteiger partial charge < -0.3 is 0 Å². The lowest BCUT2D eigenvalue weighted by Gasteiger charge is -2.22. The molecule has 1 unspecified atom stereocenters. The van der Waals surface area contributed by atoms with Gasteiger partial charge in [-0.05, 0) is 49.1 Å². The van der Waals surface area contributed by atoms with Crippen molar-refractivity contribution in [2.45, 2.75) is 58.3 Å². The minimum atomic E-state index is 0.765. The molecule has 0 fully saturated rings. The average Bonchev–Trinajstić information content (AvgIpc) is 2.40. The summed E-state index contributed by atoms with van der Waals surface area (Å²) in [4.78, 5) is 0. The van der Waals surface area contributed by atoms with Crippen LogP contribution >= 0.6 is 0 Å². The highest BCUT2D eigenvalue weighted by molar-refractivity contribution is 5.27. The Balaban J connectivity index is 2.01. The summed E-state index contributed by atoms with van der Waals surface area (Å²) in [7, 11) is 0. The lowest BCUT2D eigenvalue weighted by molar-refractivity contribution is 0.590. The molecule has 0 spiro atoms. The van der Waals surface area contributed by atoms with Crippen LogP contribution in [0.2, 0.25) is 0 Å². The molecule has 0 aromatic heterocycles. The molecule has 1 aromatic rings. The van der Waals surface area contributed by atoms with Crippen molar-refractivity contribution < 1.29 is 0 Å². The van der Waals surface area contributed by atoms with E-state index in [9.17, 15) is 0 Å². The smallest absolute Gasteiger partial charge is 0.0124 e. The molecule has 1 aliphatic carbocycles. The lowest BCUT2D eigenvalue weighted by Crippen LogP contribution is -2.04. The number of aryl methyl sites for hydroxylation is 1. The van der Waals surface area contributed by atoms with Gasteiger partial charge in [-0.15, -0.1) is 0 Å². The van der Waals surface area contributed by atoms with Crippen LogP contribution in [0, 0.1) is 0 Å². The molecule has 0 amide bonds. The van der Waals surface area contributed by atoms with E-state index in [1.165, 1.54) is 49.7 Å². The molecule has 0 heteroatoms. The molecular weight excluding hydrogens is 204 g/mol. The fourth-order valence-corrected chi connectivity index (χ4v) is 2.76. The van der Waals surface area contributed by atoms with Gasteiger partial charge in [-0.2, -0.15) is 0 Å². The van der Waals surface area contributed by atoms with E-state index in [1.54, 1.807) is 5.57 Å². The molecule has 17 heavy (non-hydrogen) atoms. The van der Waals surface area contributed by atoms with E-state index in [4.69, 9.17) is 0 Å². The molecule has 2 rings (SSSR count). The van der Waals surface area contributed by atoms with Crippen molar-refractivity contribution in [1.82, 2.24) is 0 Å². The number of rotatable bonds is 4. The molecule has 0 aliphatic heterocycles. The van der Waals surface area contributed by atoms with E-state index < -0.39 is 0 Å². The first kappa shape index (κ1) is 12.4. The molecule has 0 N–H and O–H groups in total. The van der Waals surface area contributed by atoms with Crippen molar-refractivity contribution in [2.75, 3.05) is 0 Å². The molecule has 92 valence electrons. The number of benzene rings is 1. The highest BCUT2D eigenvalue weighted by Gasteiger charge is 2.15. The first-order valence-corrected chi connectivity index (χ1v) is 7.10. The van der Waals surface area contributed by atoms with Crippen molar-refractivity contribution in [3.05, 3.63) is 47.0 Å². The first-order valence-electron chi connectivity index (χ1n) is 7.10. The first-order chi connectivity index (χ1) is 8.33. The van der Waals surface area contributed by atoms with Crippen LogP contribution in [0.1, 0.15) is 63.0 Å². The van der Waals surface area contributed by atoms with Crippen LogP contribution in [0.15, 0.2) is 35.9 Å². The quantitative estimate of drug-likeness (QED) is 0.618. The van der Waals surface area contributed by atoms with Gasteiger partial charge in [0.2, 0.25) is 0 Å². The minimum Gasteiger partial charge on any atom is -0.0847 e. The Morgan fingerprint density at radius 3 is 2.41 bits per heavy atom. The Kier molecular flexibility index (Phi) is 4.42. The zero-order valence-corrected chi connectivity index (χ0v) is 11.2. The zero-order valence-electron chi connectivity index (χ0n) is 11.2. The number of hydrogen-bond acceptors (Lipinski definition) is 0. The monoisotopic (exact) mass is 228 g/mol. The third-order valence-corrected chi connectivity index (χ3v) is 3.95. The van der Waals surface area contributed by atoms with Crippen molar-refractivity contribution in [3.8, 4) is 0 Å². The summed E-state index contributed by atoms with van der Waals surface area (Å²) >= 11 is 0. The van der Waals surface area contributed by atoms with Crippen LogP contribution in [-0.4, -0.2) is 0 Å². The third-order valence-electron chi connectivity index (χ3n) is 3.95. The maximum atomic E-state index is 2.47. The summed E-state index contributed by atoms with van der Waals surface area (Å²) in [5.74, 6) is 0.765. The van der Waals surface area contributed by atoms with Crippen LogP contribution in [0.3, 0.4) is 0 Å². The highest BCUT2D eigenvalue weighted by atomic mass is 14.2. The molecule has 0 saturated carbocycles. The highest BCUT2D eigenvalue weighted by Crippen LogP contribution is 2.33. The SMILES string of the molecule is CCCc1ccc(C2CC=C(CC)CC2)cc1.